The summed E-state index contributed by atoms with van der Waals surface area (Å²) in [6.45, 7) is 1.88. The Bertz CT molecular complexity index is 515. The maximum absolute atomic E-state index is 13.7. The number of nitrogens with one attached hydrogen (secondary N) is 1. The molecule has 0 spiro atoms. The molecule has 0 saturated carbocycles. The number of carbonyl (C=O) groups excluding carboxylic acids is 2. The van der Waals surface area contributed by atoms with E-state index in [0.29, 0.717) is 12.0 Å². The highest BCUT2D eigenvalue weighted by molar-refractivity contribution is 5.99. The zero-order valence-corrected chi connectivity index (χ0v) is 10.9. The number of methoxy groups -OCH3 is 1. The highest BCUT2D eigenvalue weighted by Gasteiger charge is 2.35. The molecule has 1 heterocycles. The molecule has 102 valence electrons. The molecular formula is C14H16FNO3. The number of ether oxygens (including phenoxy) is 1. The molecule has 1 aromatic carbocycles. The first-order valence-electron chi connectivity index (χ1n) is 6.24. The first-order valence-corrected chi connectivity index (χ1v) is 6.24. The summed E-state index contributed by atoms with van der Waals surface area (Å²) in [5, 5.41) is 2.32. The highest BCUT2D eigenvalue weighted by Crippen LogP contribution is 2.35. The molecule has 2 amide bonds. The summed E-state index contributed by atoms with van der Waals surface area (Å²) in [6, 6.07) is 4.58. The topological polar surface area (TPSA) is 55.4 Å². The molecule has 0 aromatic heterocycles. The molecule has 0 bridgehead atoms. The van der Waals surface area contributed by atoms with Crippen molar-refractivity contribution in [3.63, 3.8) is 0 Å². The lowest BCUT2D eigenvalue weighted by Crippen LogP contribution is -2.44. The van der Waals surface area contributed by atoms with Crippen molar-refractivity contribution in [3.8, 4) is 5.75 Å². The average Bonchev–Trinajstić information content (AvgIpc) is 2.37. The van der Waals surface area contributed by atoms with Gasteiger partial charge in [-0.3, -0.25) is 14.9 Å². The van der Waals surface area contributed by atoms with Gasteiger partial charge in [0, 0.05) is 18.3 Å². The van der Waals surface area contributed by atoms with E-state index in [1.165, 1.54) is 19.2 Å². The Balaban J connectivity index is 2.35. The van der Waals surface area contributed by atoms with Crippen LogP contribution in [0.2, 0.25) is 0 Å². The zero-order chi connectivity index (χ0) is 14.0. The van der Waals surface area contributed by atoms with Gasteiger partial charge in [-0.15, -0.1) is 0 Å². The van der Waals surface area contributed by atoms with Crippen LogP contribution in [0.15, 0.2) is 18.2 Å². The van der Waals surface area contributed by atoms with E-state index < -0.39 is 5.82 Å². The van der Waals surface area contributed by atoms with E-state index in [4.69, 9.17) is 4.74 Å². The molecule has 2 unspecified atom stereocenters. The summed E-state index contributed by atoms with van der Waals surface area (Å²) < 4.78 is 18.6. The first kappa shape index (κ1) is 13.5. The van der Waals surface area contributed by atoms with Gasteiger partial charge in [-0.25, -0.2) is 4.39 Å². The fraction of sp³-hybridized carbons (Fsp3) is 0.429. The third kappa shape index (κ3) is 2.59. The quantitative estimate of drug-likeness (QED) is 0.850. The fourth-order valence-electron chi connectivity index (χ4n) is 2.54. The van der Waals surface area contributed by atoms with E-state index in [0.717, 1.165) is 0 Å². The van der Waals surface area contributed by atoms with Crippen LogP contribution in [0.5, 0.6) is 5.75 Å². The van der Waals surface area contributed by atoms with Crippen molar-refractivity contribution in [2.75, 3.05) is 7.11 Å². The molecule has 1 N–H and O–H groups in total. The van der Waals surface area contributed by atoms with Crippen molar-refractivity contribution in [1.29, 1.82) is 0 Å². The molecule has 1 aliphatic rings. The molecule has 0 radical (unpaired) electrons. The molecule has 1 aromatic rings. The Labute approximate surface area is 110 Å². The standard InChI is InChI=1S/C14H16FNO3/c1-3-9-10(7-13(17)16-14(9)18)8-4-5-12(19-2)11(15)6-8/h4-6,9-10H,3,7H2,1-2H3,(H,16,17,18). The number of carbonyl (C=O) groups is 2. The number of benzene rings is 1. The predicted octanol–water partition coefficient (Wildman–Crippen LogP) is 1.99. The van der Waals surface area contributed by atoms with E-state index >= 15 is 0 Å². The van der Waals surface area contributed by atoms with Crippen LogP contribution < -0.4 is 10.1 Å². The van der Waals surface area contributed by atoms with Crippen LogP contribution in [0.25, 0.3) is 0 Å². The summed E-state index contributed by atoms with van der Waals surface area (Å²) in [4.78, 5) is 23.3. The van der Waals surface area contributed by atoms with Crippen molar-refractivity contribution >= 4 is 11.8 Å². The molecule has 0 aliphatic carbocycles. The minimum atomic E-state index is -0.478. The van der Waals surface area contributed by atoms with Gasteiger partial charge in [0.15, 0.2) is 11.6 Å². The molecule has 2 rings (SSSR count). The van der Waals surface area contributed by atoms with E-state index in [2.05, 4.69) is 5.32 Å². The summed E-state index contributed by atoms with van der Waals surface area (Å²) >= 11 is 0. The minimum absolute atomic E-state index is 0.156. The minimum Gasteiger partial charge on any atom is -0.494 e. The van der Waals surface area contributed by atoms with E-state index in [9.17, 15) is 14.0 Å². The van der Waals surface area contributed by atoms with Gasteiger partial charge in [0.05, 0.1) is 7.11 Å². The van der Waals surface area contributed by atoms with Crippen LogP contribution in [0, 0.1) is 11.7 Å². The van der Waals surface area contributed by atoms with Crippen molar-refractivity contribution in [2.24, 2.45) is 5.92 Å². The largest absolute Gasteiger partial charge is 0.494 e. The van der Waals surface area contributed by atoms with Crippen LogP contribution in [-0.2, 0) is 9.59 Å². The van der Waals surface area contributed by atoms with Gasteiger partial charge in [0.1, 0.15) is 0 Å². The zero-order valence-electron chi connectivity index (χ0n) is 10.9. The molecule has 1 aliphatic heterocycles. The Morgan fingerprint density at radius 3 is 2.74 bits per heavy atom. The number of piperidine rings is 1. The third-order valence-corrected chi connectivity index (χ3v) is 3.53. The molecule has 4 nitrogen and oxygen atoms in total. The fourth-order valence-corrected chi connectivity index (χ4v) is 2.54. The Morgan fingerprint density at radius 2 is 2.16 bits per heavy atom. The van der Waals surface area contributed by atoms with Gasteiger partial charge in [-0.1, -0.05) is 13.0 Å². The second-order valence-corrected chi connectivity index (χ2v) is 4.63. The van der Waals surface area contributed by atoms with E-state index in [-0.39, 0.29) is 35.8 Å². The van der Waals surface area contributed by atoms with Gasteiger partial charge < -0.3 is 4.74 Å². The second-order valence-electron chi connectivity index (χ2n) is 4.63. The van der Waals surface area contributed by atoms with E-state index in [1.54, 1.807) is 6.07 Å². The monoisotopic (exact) mass is 265 g/mol. The maximum atomic E-state index is 13.7. The Morgan fingerprint density at radius 1 is 1.42 bits per heavy atom. The average molecular weight is 265 g/mol. The van der Waals surface area contributed by atoms with Gasteiger partial charge in [0.2, 0.25) is 11.8 Å². The number of hydrogen-bond acceptors (Lipinski definition) is 3. The normalized spacial score (nSPS) is 23.1. The lowest BCUT2D eigenvalue weighted by molar-refractivity contribution is -0.137. The van der Waals surface area contributed by atoms with Crippen LogP contribution in [0.4, 0.5) is 4.39 Å². The number of hydrogen-bond donors (Lipinski definition) is 1. The van der Waals surface area contributed by atoms with Crippen LogP contribution >= 0.6 is 0 Å². The molecule has 2 atom stereocenters. The molecule has 1 fully saturated rings. The lowest BCUT2D eigenvalue weighted by Gasteiger charge is -2.29. The predicted molar refractivity (Wildman–Crippen MR) is 67.2 cm³/mol. The van der Waals surface area contributed by atoms with Crippen LogP contribution in [-0.4, -0.2) is 18.9 Å². The smallest absolute Gasteiger partial charge is 0.230 e. The van der Waals surface area contributed by atoms with Gasteiger partial charge in [0.25, 0.3) is 0 Å². The second kappa shape index (κ2) is 5.38. The number of amides is 2. The number of rotatable bonds is 3. The Kier molecular flexibility index (Phi) is 3.83. The summed E-state index contributed by atoms with van der Waals surface area (Å²) in [5.74, 6) is -1.48. The molecular weight excluding hydrogens is 249 g/mol. The van der Waals surface area contributed by atoms with Crippen LogP contribution in [0.1, 0.15) is 31.2 Å². The number of imide groups is 1. The third-order valence-electron chi connectivity index (χ3n) is 3.53. The van der Waals surface area contributed by atoms with Crippen molar-refractivity contribution in [1.82, 2.24) is 5.32 Å². The summed E-state index contributed by atoms with van der Waals surface area (Å²) in [5.41, 5.74) is 0.661. The number of halogens is 1. The molecule has 19 heavy (non-hydrogen) atoms. The SMILES string of the molecule is CCC1C(=O)NC(=O)CC1c1ccc(OC)c(F)c1. The van der Waals surface area contributed by atoms with E-state index in [1.807, 2.05) is 6.92 Å². The summed E-state index contributed by atoms with van der Waals surface area (Å²) in [7, 11) is 1.39. The highest BCUT2D eigenvalue weighted by atomic mass is 19.1. The van der Waals surface area contributed by atoms with Crippen molar-refractivity contribution < 1.29 is 18.7 Å². The first-order chi connectivity index (χ1) is 9.06. The van der Waals surface area contributed by atoms with Gasteiger partial charge in [-0.2, -0.15) is 0 Å². The van der Waals surface area contributed by atoms with Crippen LogP contribution in [0.3, 0.4) is 0 Å². The molecule has 1 saturated heterocycles. The lowest BCUT2D eigenvalue weighted by atomic mass is 9.79. The van der Waals surface area contributed by atoms with Crippen molar-refractivity contribution in [2.45, 2.75) is 25.7 Å². The van der Waals surface area contributed by atoms with Crippen molar-refractivity contribution in [3.05, 3.63) is 29.6 Å². The maximum Gasteiger partial charge on any atom is 0.230 e. The molecule has 5 heteroatoms. The van der Waals surface area contributed by atoms with Gasteiger partial charge >= 0.3 is 0 Å². The van der Waals surface area contributed by atoms with Gasteiger partial charge in [-0.05, 0) is 24.1 Å². The summed E-state index contributed by atoms with van der Waals surface area (Å²) in [6.07, 6.45) is 0.813. The Hall–Kier alpha value is -1.91.